The molecule has 0 amide bonds. The molecule has 3 rings (SSSR count). The van der Waals surface area contributed by atoms with E-state index < -0.39 is 0 Å². The van der Waals surface area contributed by atoms with Crippen molar-refractivity contribution in [3.63, 3.8) is 0 Å². The van der Waals surface area contributed by atoms with E-state index in [1.165, 1.54) is 23.3 Å². The molecular formula is C18H24IN3S. The predicted molar refractivity (Wildman–Crippen MR) is 110 cm³/mol. The van der Waals surface area contributed by atoms with Gasteiger partial charge in [0.2, 0.25) is 0 Å². The van der Waals surface area contributed by atoms with Crippen LogP contribution in [0.1, 0.15) is 16.9 Å². The lowest BCUT2D eigenvalue weighted by molar-refractivity contribution is 0.460. The van der Waals surface area contributed by atoms with Crippen LogP contribution in [-0.2, 0) is 13.0 Å². The highest BCUT2D eigenvalue weighted by Crippen LogP contribution is 2.21. The fraction of sp³-hybridized carbons (Fsp3) is 0.389. The first-order valence-electron chi connectivity index (χ1n) is 7.87. The second-order valence-electron chi connectivity index (χ2n) is 5.77. The Bertz CT molecular complexity index is 598. The van der Waals surface area contributed by atoms with E-state index in [0.717, 1.165) is 31.5 Å². The van der Waals surface area contributed by atoms with Gasteiger partial charge >= 0.3 is 0 Å². The van der Waals surface area contributed by atoms with Gasteiger partial charge in [-0.3, -0.25) is 4.99 Å². The van der Waals surface area contributed by atoms with E-state index in [4.69, 9.17) is 0 Å². The van der Waals surface area contributed by atoms with Crippen LogP contribution in [0.3, 0.4) is 0 Å². The molecule has 0 saturated carbocycles. The number of benzene rings is 1. The molecule has 1 aliphatic heterocycles. The summed E-state index contributed by atoms with van der Waals surface area (Å²) in [6.07, 6.45) is 2.41. The van der Waals surface area contributed by atoms with E-state index in [0.29, 0.717) is 0 Å². The van der Waals surface area contributed by atoms with Crippen molar-refractivity contribution in [2.45, 2.75) is 19.4 Å². The molecule has 5 heteroatoms. The van der Waals surface area contributed by atoms with Gasteiger partial charge < -0.3 is 10.2 Å². The average Bonchev–Trinajstić information content (AvgIpc) is 3.21. The Morgan fingerprint density at radius 1 is 1.26 bits per heavy atom. The zero-order valence-electron chi connectivity index (χ0n) is 13.4. The van der Waals surface area contributed by atoms with Crippen molar-refractivity contribution in [2.75, 3.05) is 20.1 Å². The topological polar surface area (TPSA) is 27.6 Å². The van der Waals surface area contributed by atoms with E-state index in [-0.39, 0.29) is 24.0 Å². The second-order valence-corrected chi connectivity index (χ2v) is 6.80. The third kappa shape index (κ3) is 5.21. The van der Waals surface area contributed by atoms with Crippen LogP contribution in [-0.4, -0.2) is 31.0 Å². The van der Waals surface area contributed by atoms with Crippen molar-refractivity contribution in [3.8, 4) is 0 Å². The molecule has 1 aromatic heterocycles. The molecule has 0 radical (unpaired) electrons. The quantitative estimate of drug-likeness (QED) is 0.441. The average molecular weight is 441 g/mol. The van der Waals surface area contributed by atoms with Crippen LogP contribution in [0.25, 0.3) is 0 Å². The lowest BCUT2D eigenvalue weighted by Gasteiger charge is -2.21. The second kappa shape index (κ2) is 9.27. The Morgan fingerprint density at radius 2 is 2.09 bits per heavy atom. The number of rotatable bonds is 4. The van der Waals surface area contributed by atoms with E-state index in [1.54, 1.807) is 11.3 Å². The summed E-state index contributed by atoms with van der Waals surface area (Å²) in [6.45, 7) is 3.06. The fourth-order valence-electron chi connectivity index (χ4n) is 3.05. The summed E-state index contributed by atoms with van der Waals surface area (Å²) in [5.41, 5.74) is 1.44. The summed E-state index contributed by atoms with van der Waals surface area (Å²) < 4.78 is 0. The summed E-state index contributed by atoms with van der Waals surface area (Å²) >= 11 is 1.78. The van der Waals surface area contributed by atoms with Gasteiger partial charge in [-0.1, -0.05) is 36.4 Å². The maximum absolute atomic E-state index is 4.45. The van der Waals surface area contributed by atoms with Gasteiger partial charge in [0.05, 0.1) is 6.54 Å². The molecular weight excluding hydrogens is 417 g/mol. The highest BCUT2D eigenvalue weighted by atomic mass is 127. The van der Waals surface area contributed by atoms with Crippen molar-refractivity contribution in [1.29, 1.82) is 0 Å². The largest absolute Gasteiger partial charge is 0.351 e. The van der Waals surface area contributed by atoms with Crippen LogP contribution in [0.2, 0.25) is 0 Å². The van der Waals surface area contributed by atoms with Gasteiger partial charge in [-0.2, -0.15) is 0 Å². The summed E-state index contributed by atoms with van der Waals surface area (Å²) in [5.74, 6) is 1.76. The van der Waals surface area contributed by atoms with Crippen LogP contribution in [0.15, 0.2) is 52.8 Å². The first-order chi connectivity index (χ1) is 10.8. The van der Waals surface area contributed by atoms with Crippen molar-refractivity contribution >= 4 is 41.3 Å². The first kappa shape index (κ1) is 18.3. The number of likely N-dealkylation sites (tertiary alicyclic amines) is 1. The summed E-state index contributed by atoms with van der Waals surface area (Å²) in [5, 5.41) is 5.60. The minimum absolute atomic E-state index is 0. The molecule has 2 heterocycles. The van der Waals surface area contributed by atoms with Crippen LogP contribution in [0.4, 0.5) is 0 Å². The van der Waals surface area contributed by atoms with Crippen molar-refractivity contribution in [3.05, 3.63) is 58.3 Å². The predicted octanol–water partition coefficient (Wildman–Crippen LogP) is 4.01. The maximum Gasteiger partial charge on any atom is 0.193 e. The Hall–Kier alpha value is -1.08. The van der Waals surface area contributed by atoms with Gasteiger partial charge in [-0.15, -0.1) is 35.3 Å². The number of nitrogens with one attached hydrogen (secondary N) is 1. The minimum atomic E-state index is 0. The van der Waals surface area contributed by atoms with Crippen LogP contribution < -0.4 is 5.32 Å². The number of nitrogens with zero attached hydrogens (tertiary/aromatic N) is 2. The van der Waals surface area contributed by atoms with Crippen molar-refractivity contribution < 1.29 is 0 Å². The number of guanidine groups is 1. The number of thiophene rings is 1. The molecule has 1 atom stereocenters. The Kier molecular flexibility index (Phi) is 7.36. The summed E-state index contributed by atoms with van der Waals surface area (Å²) in [7, 11) is 1.88. The fourth-order valence-corrected chi connectivity index (χ4v) is 3.70. The number of halogens is 1. The molecule has 0 spiro atoms. The van der Waals surface area contributed by atoms with Gasteiger partial charge in [0.15, 0.2) is 5.96 Å². The Labute approximate surface area is 159 Å². The molecule has 1 N–H and O–H groups in total. The molecule has 1 aromatic carbocycles. The molecule has 1 fully saturated rings. The van der Waals surface area contributed by atoms with Gasteiger partial charge in [-0.25, -0.2) is 0 Å². The zero-order chi connectivity index (χ0) is 15.2. The van der Waals surface area contributed by atoms with Crippen LogP contribution >= 0.6 is 35.3 Å². The number of hydrogen-bond donors (Lipinski definition) is 1. The van der Waals surface area contributed by atoms with Gasteiger partial charge in [0.25, 0.3) is 0 Å². The van der Waals surface area contributed by atoms with Crippen LogP contribution in [0, 0.1) is 5.92 Å². The van der Waals surface area contributed by atoms with Gasteiger partial charge in [0.1, 0.15) is 0 Å². The smallest absolute Gasteiger partial charge is 0.193 e. The molecule has 124 valence electrons. The molecule has 2 aromatic rings. The Balaban J connectivity index is 0.00000192. The van der Waals surface area contributed by atoms with Gasteiger partial charge in [-0.05, 0) is 35.8 Å². The number of aliphatic imine (C=N–C) groups is 1. The summed E-state index contributed by atoms with van der Waals surface area (Å²) in [4.78, 5) is 8.19. The highest BCUT2D eigenvalue weighted by molar-refractivity contribution is 14.0. The first-order valence-corrected chi connectivity index (χ1v) is 8.75. The lowest BCUT2D eigenvalue weighted by Crippen LogP contribution is -2.39. The standard InChI is InChI=1S/C18H23N3S.HI/c1-19-18(20-13-17-8-5-11-22-17)21-10-9-16(14-21)12-15-6-3-2-4-7-15;/h2-8,11,16H,9-10,12-14H2,1H3,(H,19,20);1H. The zero-order valence-corrected chi connectivity index (χ0v) is 16.6. The normalized spacial score (nSPS) is 17.9. The van der Waals surface area contributed by atoms with Crippen molar-refractivity contribution in [2.24, 2.45) is 10.9 Å². The van der Waals surface area contributed by atoms with E-state index in [9.17, 15) is 0 Å². The third-order valence-corrected chi connectivity index (χ3v) is 5.04. The molecule has 0 bridgehead atoms. The molecule has 1 unspecified atom stereocenters. The summed E-state index contributed by atoms with van der Waals surface area (Å²) in [6, 6.07) is 15.1. The highest BCUT2D eigenvalue weighted by Gasteiger charge is 2.24. The van der Waals surface area contributed by atoms with Gasteiger partial charge in [0, 0.05) is 25.0 Å². The Morgan fingerprint density at radius 3 is 2.78 bits per heavy atom. The number of hydrogen-bond acceptors (Lipinski definition) is 2. The minimum Gasteiger partial charge on any atom is -0.351 e. The maximum atomic E-state index is 4.45. The molecule has 1 saturated heterocycles. The lowest BCUT2D eigenvalue weighted by atomic mass is 9.99. The molecule has 23 heavy (non-hydrogen) atoms. The van der Waals surface area contributed by atoms with E-state index >= 15 is 0 Å². The monoisotopic (exact) mass is 441 g/mol. The molecule has 3 nitrogen and oxygen atoms in total. The van der Waals surface area contributed by atoms with Crippen molar-refractivity contribution in [1.82, 2.24) is 10.2 Å². The van der Waals surface area contributed by atoms with Crippen LogP contribution in [0.5, 0.6) is 0 Å². The molecule has 0 aliphatic carbocycles. The van der Waals surface area contributed by atoms with E-state index in [1.807, 2.05) is 7.05 Å². The molecule has 1 aliphatic rings. The van der Waals surface area contributed by atoms with E-state index in [2.05, 4.69) is 63.1 Å². The third-order valence-electron chi connectivity index (χ3n) is 4.17. The SMILES string of the molecule is CN=C(NCc1cccs1)N1CCC(Cc2ccccc2)C1.I.